The molecule has 94 valence electrons. The van der Waals surface area contributed by atoms with Gasteiger partial charge in [0.1, 0.15) is 0 Å². The van der Waals surface area contributed by atoms with Crippen molar-refractivity contribution in [1.29, 1.82) is 0 Å². The van der Waals surface area contributed by atoms with Crippen LogP contribution in [0.15, 0.2) is 0 Å². The van der Waals surface area contributed by atoms with E-state index in [0.29, 0.717) is 0 Å². The van der Waals surface area contributed by atoms with Crippen molar-refractivity contribution in [3.63, 3.8) is 0 Å². The van der Waals surface area contributed by atoms with Crippen molar-refractivity contribution in [3.8, 4) is 0 Å². The molecule has 0 aliphatic heterocycles. The molecule has 0 heterocycles. The van der Waals surface area contributed by atoms with Crippen molar-refractivity contribution in [1.82, 2.24) is 10.2 Å². The summed E-state index contributed by atoms with van der Waals surface area (Å²) in [5.74, 6) is -0.261. The number of carbonyl (C=O) groups excluding carboxylic acids is 2. The summed E-state index contributed by atoms with van der Waals surface area (Å²) >= 11 is 5.59. The summed E-state index contributed by atoms with van der Waals surface area (Å²) in [5, 5.41) is 2.80. The van der Waals surface area contributed by atoms with E-state index in [9.17, 15) is 9.59 Å². The lowest BCUT2D eigenvalue weighted by atomic mass is 10.1. The summed E-state index contributed by atoms with van der Waals surface area (Å²) in [6.07, 6.45) is 0. The number of amides is 2. The summed E-state index contributed by atoms with van der Waals surface area (Å²) < 4.78 is 0. The molecule has 0 aliphatic carbocycles. The van der Waals surface area contributed by atoms with Crippen molar-refractivity contribution in [2.75, 3.05) is 19.5 Å². The van der Waals surface area contributed by atoms with E-state index >= 15 is 0 Å². The average molecular weight is 249 g/mol. The first-order valence-electron chi connectivity index (χ1n) is 5.29. The zero-order valence-corrected chi connectivity index (χ0v) is 11.4. The third kappa shape index (κ3) is 5.95. The number of rotatable bonds is 4. The summed E-state index contributed by atoms with van der Waals surface area (Å²) in [7, 11) is 1.60. The second-order valence-corrected chi connectivity index (χ2v) is 5.36. The van der Waals surface area contributed by atoms with E-state index in [-0.39, 0.29) is 35.7 Å². The minimum absolute atomic E-state index is 0.0668. The molecule has 5 heteroatoms. The van der Waals surface area contributed by atoms with Gasteiger partial charge < -0.3 is 10.2 Å². The maximum absolute atomic E-state index is 11.6. The highest BCUT2D eigenvalue weighted by molar-refractivity contribution is 6.19. The summed E-state index contributed by atoms with van der Waals surface area (Å²) in [6.45, 7) is 7.50. The van der Waals surface area contributed by atoms with Crippen LogP contribution in [0, 0.1) is 5.92 Å². The highest BCUT2D eigenvalue weighted by Crippen LogP contribution is 2.03. The number of hydrogen-bond acceptors (Lipinski definition) is 2. The molecule has 0 spiro atoms. The highest BCUT2D eigenvalue weighted by atomic mass is 35.5. The van der Waals surface area contributed by atoms with Gasteiger partial charge in [0.15, 0.2) is 0 Å². The Morgan fingerprint density at radius 1 is 1.38 bits per heavy atom. The van der Waals surface area contributed by atoms with E-state index in [4.69, 9.17) is 11.6 Å². The second kappa shape index (κ2) is 6.09. The lowest BCUT2D eigenvalue weighted by molar-refractivity contribution is -0.137. The molecule has 0 aliphatic rings. The van der Waals surface area contributed by atoms with Gasteiger partial charge in [0.2, 0.25) is 11.8 Å². The van der Waals surface area contributed by atoms with Gasteiger partial charge in [0, 0.05) is 24.4 Å². The van der Waals surface area contributed by atoms with Crippen LogP contribution in [0.25, 0.3) is 0 Å². The van der Waals surface area contributed by atoms with E-state index in [2.05, 4.69) is 5.32 Å². The Kier molecular flexibility index (Phi) is 5.79. The molecule has 0 saturated carbocycles. The van der Waals surface area contributed by atoms with Gasteiger partial charge in [-0.2, -0.15) is 0 Å². The molecule has 16 heavy (non-hydrogen) atoms. The Morgan fingerprint density at radius 3 is 2.25 bits per heavy atom. The van der Waals surface area contributed by atoms with E-state index in [1.54, 1.807) is 14.0 Å². The number of nitrogens with zero attached hydrogens (tertiary/aromatic N) is 1. The zero-order chi connectivity index (χ0) is 12.9. The first-order valence-corrected chi connectivity index (χ1v) is 5.82. The number of hydrogen-bond donors (Lipinski definition) is 1. The van der Waals surface area contributed by atoms with Gasteiger partial charge in [-0.05, 0) is 20.8 Å². The van der Waals surface area contributed by atoms with Crippen LogP contribution in [0.2, 0.25) is 0 Å². The molecule has 2 amide bonds. The molecule has 1 N–H and O–H groups in total. The summed E-state index contributed by atoms with van der Waals surface area (Å²) in [6, 6.07) is 0. The van der Waals surface area contributed by atoms with Gasteiger partial charge in [-0.3, -0.25) is 9.59 Å². The molecule has 0 bridgehead atoms. The lowest BCUT2D eigenvalue weighted by Crippen LogP contribution is -2.47. The number of halogens is 1. The zero-order valence-electron chi connectivity index (χ0n) is 10.6. The topological polar surface area (TPSA) is 49.4 Å². The molecule has 0 aromatic heterocycles. The minimum atomic E-state index is -0.279. The van der Waals surface area contributed by atoms with Crippen LogP contribution in [0.4, 0.5) is 0 Å². The Morgan fingerprint density at radius 2 is 1.88 bits per heavy atom. The Labute approximate surface area is 102 Å². The smallest absolute Gasteiger partial charge is 0.240 e. The van der Waals surface area contributed by atoms with E-state index in [0.717, 1.165) is 0 Å². The van der Waals surface area contributed by atoms with Crippen LogP contribution in [0.3, 0.4) is 0 Å². The molecule has 0 fully saturated rings. The first-order chi connectivity index (χ1) is 7.17. The number of nitrogens with one attached hydrogen (secondary N) is 1. The monoisotopic (exact) mass is 248 g/mol. The SMILES string of the molecule is CC(CCl)C(=O)N(C)CC(=O)NC(C)(C)C. The van der Waals surface area contributed by atoms with Crippen LogP contribution in [-0.2, 0) is 9.59 Å². The van der Waals surface area contributed by atoms with Crippen LogP contribution in [0.5, 0.6) is 0 Å². The molecule has 0 saturated heterocycles. The molecule has 0 aromatic carbocycles. The number of carbonyl (C=O) groups is 2. The van der Waals surface area contributed by atoms with Crippen molar-refractivity contribution in [2.24, 2.45) is 5.92 Å². The predicted octanol–water partition coefficient (Wildman–Crippen LogP) is 1.23. The predicted molar refractivity (Wildman–Crippen MR) is 65.4 cm³/mol. The standard InChI is InChI=1S/C11H21ClN2O2/c1-8(6-12)10(16)14(5)7-9(15)13-11(2,3)4/h8H,6-7H2,1-5H3,(H,13,15). The summed E-state index contributed by atoms with van der Waals surface area (Å²) in [5.41, 5.74) is -0.279. The fourth-order valence-electron chi connectivity index (χ4n) is 1.19. The average Bonchev–Trinajstić information content (AvgIpc) is 2.12. The molecular weight excluding hydrogens is 228 g/mol. The van der Waals surface area contributed by atoms with Gasteiger partial charge in [-0.15, -0.1) is 11.6 Å². The normalized spacial score (nSPS) is 13.1. The summed E-state index contributed by atoms with van der Waals surface area (Å²) in [4.78, 5) is 24.6. The fourth-order valence-corrected chi connectivity index (χ4v) is 1.33. The van der Waals surface area contributed by atoms with Gasteiger partial charge >= 0.3 is 0 Å². The highest BCUT2D eigenvalue weighted by Gasteiger charge is 2.20. The molecule has 1 atom stereocenters. The third-order valence-corrected chi connectivity index (χ3v) is 2.39. The van der Waals surface area contributed by atoms with Gasteiger partial charge in [0.05, 0.1) is 6.54 Å². The van der Waals surface area contributed by atoms with Crippen LogP contribution in [0.1, 0.15) is 27.7 Å². The van der Waals surface area contributed by atoms with Crippen LogP contribution < -0.4 is 5.32 Å². The fraction of sp³-hybridized carbons (Fsp3) is 0.818. The Hall–Kier alpha value is -0.770. The Balaban J connectivity index is 4.20. The van der Waals surface area contributed by atoms with Gasteiger partial charge in [0.25, 0.3) is 0 Å². The first kappa shape index (κ1) is 15.2. The lowest BCUT2D eigenvalue weighted by Gasteiger charge is -2.24. The number of alkyl halides is 1. The van der Waals surface area contributed by atoms with E-state index in [1.807, 2.05) is 20.8 Å². The van der Waals surface area contributed by atoms with Crippen LogP contribution in [-0.4, -0.2) is 41.7 Å². The van der Waals surface area contributed by atoms with E-state index < -0.39 is 0 Å². The van der Waals surface area contributed by atoms with Crippen molar-refractivity contribution >= 4 is 23.4 Å². The molecule has 0 rings (SSSR count). The van der Waals surface area contributed by atoms with Crippen molar-refractivity contribution in [3.05, 3.63) is 0 Å². The van der Waals surface area contributed by atoms with Crippen molar-refractivity contribution in [2.45, 2.75) is 33.2 Å². The Bertz CT molecular complexity index is 261. The quantitative estimate of drug-likeness (QED) is 0.761. The molecule has 0 aromatic rings. The molecular formula is C11H21ClN2O2. The third-order valence-electron chi connectivity index (χ3n) is 1.92. The van der Waals surface area contributed by atoms with Gasteiger partial charge in [-0.1, -0.05) is 6.92 Å². The molecule has 4 nitrogen and oxygen atoms in total. The minimum Gasteiger partial charge on any atom is -0.350 e. The maximum atomic E-state index is 11.6. The van der Waals surface area contributed by atoms with Gasteiger partial charge in [-0.25, -0.2) is 0 Å². The maximum Gasteiger partial charge on any atom is 0.240 e. The van der Waals surface area contributed by atoms with Crippen molar-refractivity contribution < 1.29 is 9.59 Å². The van der Waals surface area contributed by atoms with E-state index in [1.165, 1.54) is 4.90 Å². The molecule has 0 radical (unpaired) electrons. The van der Waals surface area contributed by atoms with Crippen LogP contribution >= 0.6 is 11.6 Å². The second-order valence-electron chi connectivity index (χ2n) is 5.05. The largest absolute Gasteiger partial charge is 0.350 e. The number of likely N-dealkylation sites (N-methyl/N-ethyl adjacent to an activating group) is 1. The molecule has 1 unspecified atom stereocenters.